The number of thiazole rings is 1. The minimum atomic E-state index is -2.91. The van der Waals surface area contributed by atoms with Crippen LogP contribution < -0.4 is 10.1 Å². The van der Waals surface area contributed by atoms with Crippen LogP contribution in [0, 0.1) is 0 Å². The van der Waals surface area contributed by atoms with Gasteiger partial charge in [-0.25, -0.2) is 4.98 Å². The van der Waals surface area contributed by atoms with Crippen molar-refractivity contribution in [1.29, 1.82) is 0 Å². The number of halogens is 2. The van der Waals surface area contributed by atoms with Crippen LogP contribution in [0.2, 0.25) is 0 Å². The van der Waals surface area contributed by atoms with Crippen LogP contribution in [-0.4, -0.2) is 17.5 Å². The Kier molecular flexibility index (Phi) is 6.04. The Morgan fingerprint density at radius 1 is 1.35 bits per heavy atom. The summed E-state index contributed by atoms with van der Waals surface area (Å²) in [5.41, 5.74) is 1.22. The summed E-state index contributed by atoms with van der Waals surface area (Å²) >= 11 is 1.56. The SMILES string of the molecule is CC(C)c1nc(CNC(=O)Cc2ccccc2OC(F)F)cs1. The smallest absolute Gasteiger partial charge is 0.387 e. The van der Waals surface area contributed by atoms with Gasteiger partial charge in [-0.1, -0.05) is 32.0 Å². The zero-order chi connectivity index (χ0) is 16.8. The highest BCUT2D eigenvalue weighted by Gasteiger charge is 2.13. The fourth-order valence-corrected chi connectivity index (χ4v) is 2.79. The number of nitrogens with one attached hydrogen (secondary N) is 1. The first-order valence-corrected chi connectivity index (χ1v) is 8.07. The molecule has 0 saturated carbocycles. The summed E-state index contributed by atoms with van der Waals surface area (Å²) < 4.78 is 29.1. The van der Waals surface area contributed by atoms with Gasteiger partial charge < -0.3 is 10.1 Å². The molecule has 0 aliphatic heterocycles. The van der Waals surface area contributed by atoms with Crippen LogP contribution in [0.25, 0.3) is 0 Å². The van der Waals surface area contributed by atoms with Crippen LogP contribution >= 0.6 is 11.3 Å². The lowest BCUT2D eigenvalue weighted by Crippen LogP contribution is -2.25. The van der Waals surface area contributed by atoms with E-state index in [9.17, 15) is 13.6 Å². The minimum Gasteiger partial charge on any atom is -0.435 e. The molecule has 0 fully saturated rings. The highest BCUT2D eigenvalue weighted by atomic mass is 32.1. The number of benzene rings is 1. The minimum absolute atomic E-state index is 0.0217. The van der Waals surface area contributed by atoms with Crippen molar-refractivity contribution in [2.75, 3.05) is 0 Å². The third-order valence-corrected chi connectivity index (χ3v) is 4.26. The third kappa shape index (κ3) is 5.28. The van der Waals surface area contributed by atoms with E-state index in [-0.39, 0.29) is 18.1 Å². The van der Waals surface area contributed by atoms with Crippen molar-refractivity contribution in [3.8, 4) is 5.75 Å². The van der Waals surface area contributed by atoms with E-state index < -0.39 is 6.61 Å². The van der Waals surface area contributed by atoms with E-state index >= 15 is 0 Å². The van der Waals surface area contributed by atoms with Gasteiger partial charge in [0.15, 0.2) is 0 Å². The van der Waals surface area contributed by atoms with Gasteiger partial charge in [0.25, 0.3) is 0 Å². The second kappa shape index (κ2) is 8.01. The van der Waals surface area contributed by atoms with E-state index in [2.05, 4.69) is 28.9 Å². The number of carbonyl (C=O) groups excluding carboxylic acids is 1. The maximum absolute atomic E-state index is 12.3. The van der Waals surface area contributed by atoms with Crippen molar-refractivity contribution < 1.29 is 18.3 Å². The van der Waals surface area contributed by atoms with Gasteiger partial charge in [0.1, 0.15) is 5.75 Å². The summed E-state index contributed by atoms with van der Waals surface area (Å²) in [6.07, 6.45) is -0.0237. The van der Waals surface area contributed by atoms with E-state index in [4.69, 9.17) is 0 Å². The zero-order valence-electron chi connectivity index (χ0n) is 12.9. The first-order valence-electron chi connectivity index (χ1n) is 7.19. The number of aromatic nitrogens is 1. The van der Waals surface area contributed by atoms with Crippen molar-refractivity contribution in [1.82, 2.24) is 10.3 Å². The molecule has 0 aliphatic rings. The maximum atomic E-state index is 12.3. The molecule has 0 saturated heterocycles. The van der Waals surface area contributed by atoms with E-state index in [1.54, 1.807) is 29.5 Å². The largest absolute Gasteiger partial charge is 0.435 e. The normalized spacial score (nSPS) is 11.0. The summed E-state index contributed by atoms with van der Waals surface area (Å²) in [7, 11) is 0. The van der Waals surface area contributed by atoms with Crippen molar-refractivity contribution in [2.24, 2.45) is 0 Å². The summed E-state index contributed by atoms with van der Waals surface area (Å²) in [5.74, 6) is 0.102. The van der Waals surface area contributed by atoms with E-state index in [0.717, 1.165) is 10.7 Å². The maximum Gasteiger partial charge on any atom is 0.387 e. The molecule has 0 bridgehead atoms. The molecule has 0 atom stereocenters. The number of carbonyl (C=O) groups is 1. The Bertz CT molecular complexity index is 659. The van der Waals surface area contributed by atoms with Crippen molar-refractivity contribution in [3.05, 3.63) is 45.9 Å². The number of rotatable bonds is 7. The topological polar surface area (TPSA) is 51.2 Å². The highest BCUT2D eigenvalue weighted by Crippen LogP contribution is 2.21. The van der Waals surface area contributed by atoms with Crippen LogP contribution in [0.4, 0.5) is 8.78 Å². The third-order valence-electron chi connectivity index (χ3n) is 3.07. The van der Waals surface area contributed by atoms with Crippen LogP contribution in [0.5, 0.6) is 5.75 Å². The molecular weight excluding hydrogens is 322 g/mol. The molecule has 4 nitrogen and oxygen atoms in total. The molecule has 1 N–H and O–H groups in total. The van der Waals surface area contributed by atoms with Crippen molar-refractivity contribution in [2.45, 2.75) is 39.3 Å². The van der Waals surface area contributed by atoms with Gasteiger partial charge in [0.05, 0.1) is 23.7 Å². The van der Waals surface area contributed by atoms with Crippen LogP contribution in [0.1, 0.15) is 36.0 Å². The Balaban J connectivity index is 1.92. The Morgan fingerprint density at radius 3 is 2.74 bits per heavy atom. The summed E-state index contributed by atoms with van der Waals surface area (Å²) in [6.45, 7) is 1.52. The lowest BCUT2D eigenvalue weighted by Gasteiger charge is -2.10. The van der Waals surface area contributed by atoms with Gasteiger partial charge in [-0.05, 0) is 6.07 Å². The molecule has 1 aromatic heterocycles. The van der Waals surface area contributed by atoms with Crippen molar-refractivity contribution >= 4 is 17.2 Å². The fraction of sp³-hybridized carbons (Fsp3) is 0.375. The summed E-state index contributed by atoms with van der Waals surface area (Å²) in [6, 6.07) is 6.28. The highest BCUT2D eigenvalue weighted by molar-refractivity contribution is 7.09. The van der Waals surface area contributed by atoms with E-state index in [1.165, 1.54) is 6.07 Å². The Morgan fingerprint density at radius 2 is 2.09 bits per heavy atom. The molecule has 124 valence electrons. The second-order valence-electron chi connectivity index (χ2n) is 5.27. The number of alkyl halides is 2. The number of nitrogens with zero attached hydrogens (tertiary/aromatic N) is 1. The molecule has 2 aromatic rings. The Hall–Kier alpha value is -2.02. The fourth-order valence-electron chi connectivity index (χ4n) is 1.95. The number of amides is 1. The van der Waals surface area contributed by atoms with Crippen LogP contribution in [-0.2, 0) is 17.8 Å². The zero-order valence-corrected chi connectivity index (χ0v) is 13.7. The number of hydrogen-bond donors (Lipinski definition) is 1. The number of hydrogen-bond acceptors (Lipinski definition) is 4. The molecular formula is C16H18F2N2O2S. The average molecular weight is 340 g/mol. The monoisotopic (exact) mass is 340 g/mol. The predicted molar refractivity (Wildman–Crippen MR) is 84.8 cm³/mol. The molecule has 1 amide bonds. The molecule has 0 unspecified atom stereocenters. The molecule has 0 radical (unpaired) electrons. The number of para-hydroxylation sites is 1. The van der Waals surface area contributed by atoms with Crippen LogP contribution in [0.15, 0.2) is 29.6 Å². The average Bonchev–Trinajstić information content (AvgIpc) is 2.96. The number of ether oxygens (including phenoxy) is 1. The van der Waals surface area contributed by atoms with Gasteiger partial charge in [0, 0.05) is 16.9 Å². The lowest BCUT2D eigenvalue weighted by atomic mass is 10.1. The van der Waals surface area contributed by atoms with Gasteiger partial charge >= 0.3 is 6.61 Å². The molecule has 23 heavy (non-hydrogen) atoms. The summed E-state index contributed by atoms with van der Waals surface area (Å²) in [5, 5.41) is 5.67. The molecule has 1 aromatic carbocycles. The van der Waals surface area contributed by atoms with Crippen LogP contribution in [0.3, 0.4) is 0 Å². The standard InChI is InChI=1S/C16H18F2N2O2S/c1-10(2)15-20-12(9-23-15)8-19-14(21)7-11-5-3-4-6-13(11)22-16(17)18/h3-6,9-10,16H,7-8H2,1-2H3,(H,19,21). The van der Waals surface area contributed by atoms with Gasteiger partial charge in [0.2, 0.25) is 5.91 Å². The Labute approximate surface area is 137 Å². The van der Waals surface area contributed by atoms with Crippen molar-refractivity contribution in [3.63, 3.8) is 0 Å². The van der Waals surface area contributed by atoms with Gasteiger partial charge in [-0.2, -0.15) is 8.78 Å². The lowest BCUT2D eigenvalue weighted by molar-refractivity contribution is -0.120. The molecule has 2 rings (SSSR count). The molecule has 0 spiro atoms. The quantitative estimate of drug-likeness (QED) is 0.836. The van der Waals surface area contributed by atoms with E-state index in [1.807, 2.05) is 5.38 Å². The first-order chi connectivity index (χ1) is 11.0. The summed E-state index contributed by atoms with van der Waals surface area (Å²) in [4.78, 5) is 16.4. The van der Waals surface area contributed by atoms with E-state index in [0.29, 0.717) is 18.0 Å². The molecule has 7 heteroatoms. The molecule has 0 aliphatic carbocycles. The van der Waals surface area contributed by atoms with Gasteiger partial charge in [-0.3, -0.25) is 4.79 Å². The van der Waals surface area contributed by atoms with Gasteiger partial charge in [-0.15, -0.1) is 11.3 Å². The second-order valence-corrected chi connectivity index (χ2v) is 6.16. The first kappa shape index (κ1) is 17.3. The predicted octanol–water partition coefficient (Wildman–Crippen LogP) is 3.73. The molecule has 1 heterocycles.